The van der Waals surface area contributed by atoms with Crippen LogP contribution in [0.1, 0.15) is 37.6 Å². The van der Waals surface area contributed by atoms with Crippen molar-refractivity contribution < 1.29 is 0 Å². The van der Waals surface area contributed by atoms with Crippen molar-refractivity contribution in [3.05, 3.63) is 48.0 Å². The molecule has 0 bridgehead atoms. The summed E-state index contributed by atoms with van der Waals surface area (Å²) >= 11 is 0. The first-order chi connectivity index (χ1) is 9.86. The number of aryl methyl sites for hydroxylation is 3. The number of anilines is 1. The quantitative estimate of drug-likeness (QED) is 0.898. The molecule has 1 unspecified atom stereocenters. The number of rotatable bonds is 5. The summed E-state index contributed by atoms with van der Waals surface area (Å²) in [6, 6.07) is 9.24. The zero-order chi connectivity index (χ0) is 13.8. The van der Waals surface area contributed by atoms with Crippen molar-refractivity contribution in [3.8, 4) is 0 Å². The molecular weight excluding hydrogens is 246 g/mol. The van der Waals surface area contributed by atoms with Gasteiger partial charge >= 0.3 is 0 Å². The molecule has 0 fully saturated rings. The van der Waals surface area contributed by atoms with Gasteiger partial charge in [0.1, 0.15) is 5.82 Å². The fourth-order valence-corrected chi connectivity index (χ4v) is 3.03. The first-order valence-corrected chi connectivity index (χ1v) is 7.71. The van der Waals surface area contributed by atoms with Gasteiger partial charge in [-0.25, -0.2) is 4.98 Å². The van der Waals surface area contributed by atoms with Crippen LogP contribution in [0.25, 0.3) is 0 Å². The van der Waals surface area contributed by atoms with E-state index in [1.165, 1.54) is 36.3 Å². The van der Waals surface area contributed by atoms with Gasteiger partial charge in [-0.15, -0.1) is 0 Å². The zero-order valence-corrected chi connectivity index (χ0v) is 12.2. The van der Waals surface area contributed by atoms with Crippen LogP contribution in [0, 0.1) is 0 Å². The Labute approximate surface area is 121 Å². The second-order valence-corrected chi connectivity index (χ2v) is 5.61. The molecule has 3 heteroatoms. The molecule has 1 aromatic heterocycles. The highest BCUT2D eigenvalue weighted by atomic mass is 15.1. The smallest absolute Gasteiger partial charge is 0.108 e. The van der Waals surface area contributed by atoms with Crippen LogP contribution in [0.2, 0.25) is 0 Å². The first kappa shape index (κ1) is 13.2. The van der Waals surface area contributed by atoms with E-state index in [2.05, 4.69) is 52.3 Å². The molecule has 0 saturated heterocycles. The van der Waals surface area contributed by atoms with Gasteiger partial charge in [0.05, 0.1) is 0 Å². The molecular formula is C17H23N3. The van der Waals surface area contributed by atoms with Crippen LogP contribution in [-0.4, -0.2) is 15.6 Å². The Morgan fingerprint density at radius 1 is 1.35 bits per heavy atom. The largest absolute Gasteiger partial charge is 0.382 e. The average molecular weight is 269 g/mol. The summed E-state index contributed by atoms with van der Waals surface area (Å²) in [6.07, 6.45) is 9.83. The van der Waals surface area contributed by atoms with Crippen molar-refractivity contribution in [3.63, 3.8) is 0 Å². The minimum atomic E-state index is 0.580. The van der Waals surface area contributed by atoms with Crippen LogP contribution in [-0.2, 0) is 19.4 Å². The Morgan fingerprint density at radius 2 is 2.25 bits per heavy atom. The lowest BCUT2D eigenvalue weighted by Crippen LogP contribution is -2.26. The maximum Gasteiger partial charge on any atom is 0.108 e. The highest BCUT2D eigenvalue weighted by molar-refractivity contribution is 5.53. The van der Waals surface area contributed by atoms with Gasteiger partial charge < -0.3 is 9.88 Å². The molecule has 0 spiro atoms. The van der Waals surface area contributed by atoms with E-state index >= 15 is 0 Å². The summed E-state index contributed by atoms with van der Waals surface area (Å²) in [5, 5.41) is 3.67. The van der Waals surface area contributed by atoms with E-state index in [4.69, 9.17) is 0 Å². The van der Waals surface area contributed by atoms with Crippen molar-refractivity contribution in [1.29, 1.82) is 0 Å². The molecule has 2 heterocycles. The molecule has 1 atom stereocenters. The SMILES string of the molecule is CCCn1ccnc1CCC1CCc2ccccc2N1. The Bertz CT molecular complexity index is 559. The third-order valence-corrected chi connectivity index (χ3v) is 4.12. The van der Waals surface area contributed by atoms with Gasteiger partial charge in [-0.3, -0.25) is 0 Å². The number of benzene rings is 1. The van der Waals surface area contributed by atoms with Gasteiger partial charge in [-0.05, 0) is 37.3 Å². The number of aromatic nitrogens is 2. The van der Waals surface area contributed by atoms with Crippen molar-refractivity contribution >= 4 is 5.69 Å². The third kappa shape index (κ3) is 2.87. The van der Waals surface area contributed by atoms with Crippen LogP contribution >= 0.6 is 0 Å². The second-order valence-electron chi connectivity index (χ2n) is 5.61. The Kier molecular flexibility index (Phi) is 4.05. The predicted octanol–water partition coefficient (Wildman–Crippen LogP) is 3.65. The average Bonchev–Trinajstić information content (AvgIpc) is 2.93. The molecule has 1 aliphatic heterocycles. The van der Waals surface area contributed by atoms with E-state index in [9.17, 15) is 0 Å². The number of nitrogens with one attached hydrogen (secondary N) is 1. The van der Waals surface area contributed by atoms with Gasteiger partial charge in [-0.2, -0.15) is 0 Å². The second kappa shape index (κ2) is 6.12. The lowest BCUT2D eigenvalue weighted by Gasteiger charge is -2.27. The summed E-state index contributed by atoms with van der Waals surface area (Å²) in [5.41, 5.74) is 2.77. The van der Waals surface area contributed by atoms with Crippen molar-refractivity contribution in [1.82, 2.24) is 9.55 Å². The maximum absolute atomic E-state index is 4.50. The molecule has 20 heavy (non-hydrogen) atoms. The van der Waals surface area contributed by atoms with Crippen LogP contribution in [0.5, 0.6) is 0 Å². The fourth-order valence-electron chi connectivity index (χ4n) is 3.03. The van der Waals surface area contributed by atoms with Gasteiger partial charge in [0, 0.05) is 37.1 Å². The van der Waals surface area contributed by atoms with Crippen molar-refractivity contribution in [2.45, 2.75) is 51.6 Å². The number of para-hydroxylation sites is 1. The van der Waals surface area contributed by atoms with E-state index in [-0.39, 0.29) is 0 Å². The van der Waals surface area contributed by atoms with Gasteiger partial charge in [0.25, 0.3) is 0 Å². The summed E-state index contributed by atoms with van der Waals surface area (Å²) in [5.74, 6) is 1.23. The summed E-state index contributed by atoms with van der Waals surface area (Å²) < 4.78 is 2.29. The molecule has 2 aromatic rings. The normalized spacial score (nSPS) is 17.6. The number of hydrogen-bond acceptors (Lipinski definition) is 2. The molecule has 0 aliphatic carbocycles. The molecule has 1 aliphatic rings. The highest BCUT2D eigenvalue weighted by Gasteiger charge is 2.17. The first-order valence-electron chi connectivity index (χ1n) is 7.71. The Hall–Kier alpha value is -1.77. The van der Waals surface area contributed by atoms with Crippen LogP contribution in [0.4, 0.5) is 5.69 Å². The molecule has 106 valence electrons. The lowest BCUT2D eigenvalue weighted by atomic mass is 9.95. The predicted molar refractivity (Wildman–Crippen MR) is 83.0 cm³/mol. The molecule has 0 saturated carbocycles. The van der Waals surface area contributed by atoms with Crippen LogP contribution in [0.3, 0.4) is 0 Å². The van der Waals surface area contributed by atoms with Gasteiger partial charge in [-0.1, -0.05) is 25.1 Å². The summed E-state index contributed by atoms with van der Waals surface area (Å²) in [6.45, 7) is 3.29. The summed E-state index contributed by atoms with van der Waals surface area (Å²) in [7, 11) is 0. The van der Waals surface area contributed by atoms with Gasteiger partial charge in [0.15, 0.2) is 0 Å². The number of imidazole rings is 1. The number of fused-ring (bicyclic) bond motifs is 1. The summed E-state index contributed by atoms with van der Waals surface area (Å²) in [4.78, 5) is 4.50. The van der Waals surface area contributed by atoms with E-state index < -0.39 is 0 Å². The molecule has 1 N–H and O–H groups in total. The lowest BCUT2D eigenvalue weighted by molar-refractivity contribution is 0.556. The maximum atomic E-state index is 4.50. The van der Waals surface area contributed by atoms with E-state index in [1.807, 2.05) is 6.20 Å². The highest BCUT2D eigenvalue weighted by Crippen LogP contribution is 2.26. The molecule has 0 radical (unpaired) electrons. The van der Waals surface area contributed by atoms with Gasteiger partial charge in [0.2, 0.25) is 0 Å². The van der Waals surface area contributed by atoms with E-state index in [0.717, 1.165) is 19.4 Å². The fraction of sp³-hybridized carbons (Fsp3) is 0.471. The number of nitrogens with zero attached hydrogens (tertiary/aromatic N) is 2. The zero-order valence-electron chi connectivity index (χ0n) is 12.2. The van der Waals surface area contributed by atoms with Crippen molar-refractivity contribution in [2.75, 3.05) is 5.32 Å². The van der Waals surface area contributed by atoms with E-state index in [1.54, 1.807) is 0 Å². The molecule has 0 amide bonds. The van der Waals surface area contributed by atoms with Crippen LogP contribution in [0.15, 0.2) is 36.7 Å². The monoisotopic (exact) mass is 269 g/mol. The minimum Gasteiger partial charge on any atom is -0.382 e. The standard InChI is InChI=1S/C17H23N3/c1-2-12-20-13-11-18-17(20)10-9-15-8-7-14-5-3-4-6-16(14)19-15/h3-6,11,13,15,19H,2,7-10,12H2,1H3. The Balaban J connectivity index is 1.59. The number of hydrogen-bond donors (Lipinski definition) is 1. The topological polar surface area (TPSA) is 29.9 Å². The molecule has 1 aromatic carbocycles. The third-order valence-electron chi connectivity index (χ3n) is 4.12. The minimum absolute atomic E-state index is 0.580. The Morgan fingerprint density at radius 3 is 3.15 bits per heavy atom. The molecule has 3 nitrogen and oxygen atoms in total. The van der Waals surface area contributed by atoms with E-state index in [0.29, 0.717) is 6.04 Å². The van der Waals surface area contributed by atoms with Crippen molar-refractivity contribution in [2.24, 2.45) is 0 Å². The van der Waals surface area contributed by atoms with Crippen LogP contribution < -0.4 is 5.32 Å². The molecule has 3 rings (SSSR count).